The summed E-state index contributed by atoms with van der Waals surface area (Å²) >= 11 is 0. The largest absolute Gasteiger partial charge is 0.379 e. The third-order valence-corrected chi connectivity index (χ3v) is 4.84. The Morgan fingerprint density at radius 1 is 1.21 bits per heavy atom. The quantitative estimate of drug-likeness (QED) is 0.776. The first kappa shape index (κ1) is 13.3. The van der Waals surface area contributed by atoms with Gasteiger partial charge in [0.2, 0.25) is 5.91 Å². The van der Waals surface area contributed by atoms with Crippen molar-refractivity contribution in [2.24, 2.45) is 5.73 Å². The molecule has 2 atom stereocenters. The molecule has 0 radical (unpaired) electrons. The van der Waals surface area contributed by atoms with Crippen LogP contribution in [0.15, 0.2) is 0 Å². The number of rotatable bonds is 2. The molecule has 1 amide bonds. The van der Waals surface area contributed by atoms with Gasteiger partial charge in [-0.1, -0.05) is 6.42 Å². The Balaban J connectivity index is 1.57. The van der Waals surface area contributed by atoms with Gasteiger partial charge in [-0.25, -0.2) is 0 Å². The summed E-state index contributed by atoms with van der Waals surface area (Å²) in [5.74, 6) is 0.101. The van der Waals surface area contributed by atoms with Crippen LogP contribution in [-0.2, 0) is 9.53 Å². The summed E-state index contributed by atoms with van der Waals surface area (Å²) in [6.07, 6.45) is 5.73. The second-order valence-corrected chi connectivity index (χ2v) is 6.25. The maximum atomic E-state index is 12.5. The van der Waals surface area contributed by atoms with Crippen LogP contribution in [0, 0.1) is 0 Å². The molecule has 0 saturated carbocycles. The van der Waals surface area contributed by atoms with Crippen LogP contribution in [0.2, 0.25) is 0 Å². The molecule has 5 nitrogen and oxygen atoms in total. The monoisotopic (exact) mass is 267 g/mol. The van der Waals surface area contributed by atoms with Gasteiger partial charge in [-0.2, -0.15) is 0 Å². The second-order valence-electron chi connectivity index (χ2n) is 6.25. The van der Waals surface area contributed by atoms with Crippen LogP contribution in [0.3, 0.4) is 0 Å². The highest BCUT2D eigenvalue weighted by molar-refractivity contribution is 5.87. The summed E-state index contributed by atoms with van der Waals surface area (Å²) in [7, 11) is 0. The Bertz CT molecular complexity index is 336. The Hall–Kier alpha value is -0.650. The van der Waals surface area contributed by atoms with Gasteiger partial charge in [-0.05, 0) is 38.8 Å². The van der Waals surface area contributed by atoms with Crippen molar-refractivity contribution < 1.29 is 9.53 Å². The molecule has 3 aliphatic heterocycles. The number of amides is 1. The third-order valence-electron chi connectivity index (χ3n) is 4.84. The SMILES string of the molecule is NC1(C(=O)N2CCC(N3CCCCC3)C2)CCOC1. The smallest absolute Gasteiger partial charge is 0.245 e. The number of piperidine rings is 1. The van der Waals surface area contributed by atoms with E-state index < -0.39 is 5.54 Å². The molecule has 2 N–H and O–H groups in total. The van der Waals surface area contributed by atoms with Crippen molar-refractivity contribution in [3.05, 3.63) is 0 Å². The first-order chi connectivity index (χ1) is 9.19. The first-order valence-electron chi connectivity index (χ1n) is 7.59. The summed E-state index contributed by atoms with van der Waals surface area (Å²) in [5.41, 5.74) is 5.42. The van der Waals surface area contributed by atoms with Gasteiger partial charge in [-0.15, -0.1) is 0 Å². The fourth-order valence-electron chi connectivity index (χ4n) is 3.57. The maximum Gasteiger partial charge on any atom is 0.245 e. The van der Waals surface area contributed by atoms with Crippen LogP contribution >= 0.6 is 0 Å². The molecule has 5 heteroatoms. The second kappa shape index (κ2) is 5.38. The van der Waals surface area contributed by atoms with E-state index in [0.29, 0.717) is 25.7 Å². The Kier molecular flexibility index (Phi) is 3.78. The summed E-state index contributed by atoms with van der Waals surface area (Å²) in [4.78, 5) is 17.0. The molecule has 0 aliphatic carbocycles. The lowest BCUT2D eigenvalue weighted by Crippen LogP contribution is -2.56. The number of likely N-dealkylation sites (tertiary alicyclic amines) is 2. The number of nitrogens with two attached hydrogens (primary N) is 1. The van der Waals surface area contributed by atoms with Crippen LogP contribution < -0.4 is 5.73 Å². The topological polar surface area (TPSA) is 58.8 Å². The lowest BCUT2D eigenvalue weighted by Gasteiger charge is -2.33. The predicted octanol–water partition coefficient (Wildman–Crippen LogP) is 0.191. The molecule has 0 spiro atoms. The average molecular weight is 267 g/mol. The zero-order chi connectivity index (χ0) is 13.3. The molecule has 3 fully saturated rings. The fraction of sp³-hybridized carbons (Fsp3) is 0.929. The zero-order valence-corrected chi connectivity index (χ0v) is 11.6. The molecule has 3 aliphatic rings. The summed E-state index contributed by atoms with van der Waals surface area (Å²) in [6.45, 7) is 5.12. The molecule has 0 bridgehead atoms. The zero-order valence-electron chi connectivity index (χ0n) is 11.6. The molecule has 0 aromatic rings. The third kappa shape index (κ3) is 2.64. The van der Waals surface area contributed by atoms with Gasteiger partial charge >= 0.3 is 0 Å². The maximum absolute atomic E-state index is 12.5. The van der Waals surface area contributed by atoms with Crippen LogP contribution in [0.25, 0.3) is 0 Å². The lowest BCUT2D eigenvalue weighted by atomic mass is 9.98. The van der Waals surface area contributed by atoms with Gasteiger partial charge in [0.05, 0.1) is 6.61 Å². The summed E-state index contributed by atoms with van der Waals surface area (Å²) in [5, 5.41) is 0. The molecule has 19 heavy (non-hydrogen) atoms. The highest BCUT2D eigenvalue weighted by Crippen LogP contribution is 2.24. The van der Waals surface area contributed by atoms with E-state index in [0.717, 1.165) is 19.5 Å². The van der Waals surface area contributed by atoms with Crippen LogP contribution in [0.4, 0.5) is 0 Å². The van der Waals surface area contributed by atoms with Gasteiger partial charge < -0.3 is 15.4 Å². The fourth-order valence-corrected chi connectivity index (χ4v) is 3.57. The highest BCUT2D eigenvalue weighted by atomic mass is 16.5. The average Bonchev–Trinajstić information content (AvgIpc) is 3.09. The van der Waals surface area contributed by atoms with Crippen molar-refractivity contribution in [2.45, 2.75) is 43.7 Å². The molecule has 3 saturated heterocycles. The predicted molar refractivity (Wildman–Crippen MR) is 72.8 cm³/mol. The molecule has 3 rings (SSSR count). The molecule has 0 aromatic heterocycles. The molecule has 108 valence electrons. The Morgan fingerprint density at radius 3 is 2.68 bits per heavy atom. The van der Waals surface area contributed by atoms with Crippen LogP contribution in [0.5, 0.6) is 0 Å². The number of nitrogens with zero attached hydrogens (tertiary/aromatic N) is 2. The van der Waals surface area contributed by atoms with Crippen molar-refractivity contribution in [3.8, 4) is 0 Å². The normalized spacial score (nSPS) is 36.9. The van der Waals surface area contributed by atoms with E-state index in [-0.39, 0.29) is 5.91 Å². The Labute approximate surface area is 115 Å². The molecular formula is C14H25N3O2. The van der Waals surface area contributed by atoms with Gasteiger partial charge in [0.25, 0.3) is 0 Å². The van der Waals surface area contributed by atoms with E-state index in [9.17, 15) is 4.79 Å². The van der Waals surface area contributed by atoms with Crippen molar-refractivity contribution in [1.82, 2.24) is 9.80 Å². The van der Waals surface area contributed by atoms with Gasteiger partial charge in [0, 0.05) is 25.7 Å². The number of carbonyl (C=O) groups excluding carboxylic acids is 1. The summed E-state index contributed by atoms with van der Waals surface area (Å²) in [6, 6.07) is 0.551. The van der Waals surface area contributed by atoms with E-state index in [1.807, 2.05) is 4.90 Å². The Morgan fingerprint density at radius 2 is 2.00 bits per heavy atom. The number of carbonyl (C=O) groups is 1. The van der Waals surface area contributed by atoms with E-state index in [1.54, 1.807) is 0 Å². The van der Waals surface area contributed by atoms with Gasteiger partial charge in [0.15, 0.2) is 0 Å². The standard InChI is InChI=1S/C14H25N3O2/c15-14(5-9-19-11-14)13(18)17-8-4-12(10-17)16-6-2-1-3-7-16/h12H,1-11,15H2. The molecule has 0 aromatic carbocycles. The molecular weight excluding hydrogens is 242 g/mol. The van der Waals surface area contributed by atoms with Gasteiger partial charge in [-0.3, -0.25) is 9.69 Å². The number of hydrogen-bond donors (Lipinski definition) is 1. The molecule has 3 heterocycles. The first-order valence-corrected chi connectivity index (χ1v) is 7.59. The van der Waals surface area contributed by atoms with Crippen molar-refractivity contribution in [3.63, 3.8) is 0 Å². The minimum absolute atomic E-state index is 0.101. The minimum Gasteiger partial charge on any atom is -0.379 e. The van der Waals surface area contributed by atoms with Crippen molar-refractivity contribution in [2.75, 3.05) is 39.4 Å². The lowest BCUT2D eigenvalue weighted by molar-refractivity contribution is -0.136. The van der Waals surface area contributed by atoms with Crippen LogP contribution in [0.1, 0.15) is 32.1 Å². The van der Waals surface area contributed by atoms with Crippen LogP contribution in [-0.4, -0.2) is 66.7 Å². The minimum atomic E-state index is -0.753. The summed E-state index contributed by atoms with van der Waals surface area (Å²) < 4.78 is 5.30. The van der Waals surface area contributed by atoms with Crippen molar-refractivity contribution >= 4 is 5.91 Å². The molecule has 2 unspecified atom stereocenters. The van der Waals surface area contributed by atoms with E-state index in [1.165, 1.54) is 32.4 Å². The number of hydrogen-bond acceptors (Lipinski definition) is 4. The van der Waals surface area contributed by atoms with E-state index in [2.05, 4.69) is 4.90 Å². The highest BCUT2D eigenvalue weighted by Gasteiger charge is 2.43. The number of ether oxygens (including phenoxy) is 1. The van der Waals surface area contributed by atoms with E-state index in [4.69, 9.17) is 10.5 Å². The van der Waals surface area contributed by atoms with Gasteiger partial charge in [0.1, 0.15) is 5.54 Å². The van der Waals surface area contributed by atoms with E-state index >= 15 is 0 Å². The van der Waals surface area contributed by atoms with Crippen molar-refractivity contribution in [1.29, 1.82) is 0 Å².